The average Bonchev–Trinajstić information content (AvgIpc) is 2.66. The van der Waals surface area contributed by atoms with Gasteiger partial charge >= 0.3 is 5.97 Å². The maximum Gasteiger partial charge on any atom is 0.342 e. The first-order valence-electron chi connectivity index (χ1n) is 8.65. The van der Waals surface area contributed by atoms with Gasteiger partial charge in [0.15, 0.2) is 6.61 Å². The van der Waals surface area contributed by atoms with Crippen LogP contribution in [-0.4, -0.2) is 31.8 Å². The molecule has 144 valence electrons. The number of rotatable bonds is 7. The molecule has 0 bridgehead atoms. The number of hydrogen-bond acceptors (Lipinski definition) is 5. The number of hydrogen-bond donors (Lipinski definition) is 1. The second-order valence-electron chi connectivity index (χ2n) is 6.38. The molecule has 27 heavy (non-hydrogen) atoms. The van der Waals surface area contributed by atoms with Crippen molar-refractivity contribution >= 4 is 29.3 Å². The molecule has 2 aromatic carbocycles. The highest BCUT2D eigenvalue weighted by atomic mass is 32.2. The van der Waals surface area contributed by atoms with Crippen molar-refractivity contribution < 1.29 is 19.1 Å². The van der Waals surface area contributed by atoms with E-state index in [0.29, 0.717) is 11.3 Å². The Morgan fingerprint density at radius 3 is 2.56 bits per heavy atom. The summed E-state index contributed by atoms with van der Waals surface area (Å²) < 4.78 is 10.4. The minimum Gasteiger partial charge on any atom is -0.496 e. The Morgan fingerprint density at radius 2 is 1.93 bits per heavy atom. The summed E-state index contributed by atoms with van der Waals surface area (Å²) in [5.74, 6) is -0.280. The largest absolute Gasteiger partial charge is 0.496 e. The van der Waals surface area contributed by atoms with Crippen LogP contribution in [0.15, 0.2) is 41.3 Å². The van der Waals surface area contributed by atoms with Crippen molar-refractivity contribution in [2.24, 2.45) is 0 Å². The average molecular weight is 388 g/mol. The summed E-state index contributed by atoms with van der Waals surface area (Å²) in [6.45, 7) is 5.70. The summed E-state index contributed by atoms with van der Waals surface area (Å²) in [5.41, 5.74) is 3.08. The van der Waals surface area contributed by atoms with Gasteiger partial charge in [0.2, 0.25) is 0 Å². The van der Waals surface area contributed by atoms with Gasteiger partial charge in [0.05, 0.1) is 7.11 Å². The lowest BCUT2D eigenvalue weighted by Gasteiger charge is -2.16. The van der Waals surface area contributed by atoms with Crippen LogP contribution in [0.2, 0.25) is 0 Å². The molecule has 0 unspecified atom stereocenters. The van der Waals surface area contributed by atoms with Crippen molar-refractivity contribution in [1.29, 1.82) is 0 Å². The third kappa shape index (κ3) is 5.26. The fourth-order valence-electron chi connectivity index (χ4n) is 2.69. The highest BCUT2D eigenvalue weighted by molar-refractivity contribution is 7.98. The van der Waals surface area contributed by atoms with E-state index in [1.165, 1.54) is 7.11 Å². The van der Waals surface area contributed by atoms with Crippen LogP contribution in [0.5, 0.6) is 5.75 Å². The SMILES string of the molecule is COc1cc(SC)ccc1C(=O)OCC(=O)Nc1c(C)cccc1C(C)C. The molecule has 0 fully saturated rings. The number of para-hydroxylation sites is 1. The van der Waals surface area contributed by atoms with Crippen LogP contribution >= 0.6 is 11.8 Å². The van der Waals surface area contributed by atoms with E-state index in [2.05, 4.69) is 19.2 Å². The third-order valence-electron chi connectivity index (χ3n) is 4.15. The first-order chi connectivity index (χ1) is 12.9. The van der Waals surface area contributed by atoms with Gasteiger partial charge in [-0.1, -0.05) is 32.0 Å². The normalized spacial score (nSPS) is 10.6. The summed E-state index contributed by atoms with van der Waals surface area (Å²) in [7, 11) is 1.49. The molecule has 0 aliphatic carbocycles. The molecule has 0 aliphatic heterocycles. The molecule has 0 saturated carbocycles. The zero-order valence-corrected chi connectivity index (χ0v) is 17.1. The topological polar surface area (TPSA) is 64.6 Å². The van der Waals surface area contributed by atoms with Gasteiger partial charge in [-0.15, -0.1) is 11.8 Å². The van der Waals surface area contributed by atoms with Gasteiger partial charge in [-0.2, -0.15) is 0 Å². The Balaban J connectivity index is 2.05. The van der Waals surface area contributed by atoms with Crippen LogP contribution in [-0.2, 0) is 9.53 Å². The van der Waals surface area contributed by atoms with Crippen LogP contribution in [0.4, 0.5) is 5.69 Å². The molecule has 2 aromatic rings. The molecular weight excluding hydrogens is 362 g/mol. The summed E-state index contributed by atoms with van der Waals surface area (Å²) in [6.07, 6.45) is 1.94. The van der Waals surface area contributed by atoms with Gasteiger partial charge in [-0.05, 0) is 48.4 Å². The molecule has 6 heteroatoms. The highest BCUT2D eigenvalue weighted by Crippen LogP contribution is 2.28. The number of carbonyl (C=O) groups is 2. The van der Waals surface area contributed by atoms with Crippen molar-refractivity contribution in [2.75, 3.05) is 25.3 Å². The van der Waals surface area contributed by atoms with Crippen molar-refractivity contribution in [3.63, 3.8) is 0 Å². The molecule has 0 heterocycles. The molecule has 0 atom stereocenters. The fraction of sp³-hybridized carbons (Fsp3) is 0.333. The lowest BCUT2D eigenvalue weighted by molar-refractivity contribution is -0.119. The van der Waals surface area contributed by atoms with Crippen molar-refractivity contribution in [3.8, 4) is 5.75 Å². The van der Waals surface area contributed by atoms with Crippen LogP contribution in [0.3, 0.4) is 0 Å². The lowest BCUT2D eigenvalue weighted by atomic mass is 9.98. The standard InChI is InChI=1S/C21H25NO4S/c1-13(2)16-8-6-7-14(3)20(16)22-19(23)12-26-21(24)17-10-9-15(27-5)11-18(17)25-4/h6-11,13H,12H2,1-5H3,(H,22,23). The first-order valence-corrected chi connectivity index (χ1v) is 9.88. The van der Waals surface area contributed by atoms with Gasteiger partial charge in [-0.3, -0.25) is 4.79 Å². The molecule has 2 rings (SSSR count). The molecular formula is C21H25NO4S. The Hall–Kier alpha value is -2.47. The molecule has 0 aromatic heterocycles. The first kappa shape index (κ1) is 20.8. The van der Waals surface area contributed by atoms with Crippen LogP contribution < -0.4 is 10.1 Å². The predicted octanol–water partition coefficient (Wildman–Crippen LogP) is 4.64. The summed E-state index contributed by atoms with van der Waals surface area (Å²) in [4.78, 5) is 25.6. The molecule has 1 N–H and O–H groups in total. The van der Waals surface area contributed by atoms with Crippen LogP contribution in [0, 0.1) is 6.92 Å². The number of amides is 1. The number of aryl methyl sites for hydroxylation is 1. The van der Waals surface area contributed by atoms with Gasteiger partial charge in [0.1, 0.15) is 11.3 Å². The number of benzene rings is 2. The number of ether oxygens (including phenoxy) is 2. The Bertz CT molecular complexity index is 833. The summed E-state index contributed by atoms with van der Waals surface area (Å²) in [5, 5.41) is 2.86. The Morgan fingerprint density at radius 1 is 1.19 bits per heavy atom. The van der Waals surface area contributed by atoms with Crippen molar-refractivity contribution in [3.05, 3.63) is 53.1 Å². The molecule has 0 aliphatic rings. The number of anilines is 1. The molecule has 1 amide bonds. The van der Waals surface area contributed by atoms with Crippen molar-refractivity contribution in [2.45, 2.75) is 31.6 Å². The van der Waals surface area contributed by atoms with E-state index >= 15 is 0 Å². The number of nitrogens with one attached hydrogen (secondary N) is 1. The smallest absolute Gasteiger partial charge is 0.342 e. The maximum absolute atomic E-state index is 12.3. The van der Waals surface area contributed by atoms with Crippen molar-refractivity contribution in [1.82, 2.24) is 0 Å². The van der Waals surface area contributed by atoms with E-state index in [4.69, 9.17) is 9.47 Å². The van der Waals surface area contributed by atoms with Gasteiger partial charge < -0.3 is 14.8 Å². The van der Waals surface area contributed by atoms with Crippen LogP contribution in [0.25, 0.3) is 0 Å². The Kier molecular flexibility index (Phi) is 7.30. The zero-order valence-electron chi connectivity index (χ0n) is 16.3. The van der Waals surface area contributed by atoms with E-state index < -0.39 is 5.97 Å². The maximum atomic E-state index is 12.3. The van der Waals surface area contributed by atoms with E-state index in [-0.39, 0.29) is 18.4 Å². The van der Waals surface area contributed by atoms with E-state index in [9.17, 15) is 9.59 Å². The monoisotopic (exact) mass is 387 g/mol. The number of thioether (sulfide) groups is 1. The van der Waals surface area contributed by atoms with E-state index in [0.717, 1.165) is 21.7 Å². The summed E-state index contributed by atoms with van der Waals surface area (Å²) in [6, 6.07) is 11.1. The molecule has 0 spiro atoms. The second kappa shape index (κ2) is 9.46. The van der Waals surface area contributed by atoms with Gasteiger partial charge in [0, 0.05) is 10.6 Å². The second-order valence-corrected chi connectivity index (χ2v) is 7.26. The number of esters is 1. The molecule has 0 radical (unpaired) electrons. The molecule has 5 nitrogen and oxygen atoms in total. The van der Waals surface area contributed by atoms with E-state index in [1.54, 1.807) is 23.9 Å². The number of carbonyl (C=O) groups excluding carboxylic acids is 2. The lowest BCUT2D eigenvalue weighted by Crippen LogP contribution is -2.22. The quantitative estimate of drug-likeness (QED) is 0.554. The predicted molar refractivity (Wildman–Crippen MR) is 109 cm³/mol. The van der Waals surface area contributed by atoms with Crippen LogP contribution in [0.1, 0.15) is 41.3 Å². The molecule has 0 saturated heterocycles. The van der Waals surface area contributed by atoms with Gasteiger partial charge in [0.25, 0.3) is 5.91 Å². The minimum atomic E-state index is -0.594. The highest BCUT2D eigenvalue weighted by Gasteiger charge is 2.17. The zero-order chi connectivity index (χ0) is 20.0. The fourth-order valence-corrected chi connectivity index (χ4v) is 3.12. The third-order valence-corrected chi connectivity index (χ3v) is 4.88. The van der Waals surface area contributed by atoms with Gasteiger partial charge in [-0.25, -0.2) is 4.79 Å². The minimum absolute atomic E-state index is 0.266. The Labute approximate surface area is 164 Å². The summed E-state index contributed by atoms with van der Waals surface area (Å²) >= 11 is 1.55. The van der Waals surface area contributed by atoms with E-state index in [1.807, 2.05) is 37.4 Å². The number of methoxy groups -OCH3 is 1.